The van der Waals surface area contributed by atoms with E-state index in [0.29, 0.717) is 62.6 Å². The van der Waals surface area contributed by atoms with Crippen molar-refractivity contribution in [3.63, 3.8) is 0 Å². The number of nitrogens with two attached hydrogens (primary N) is 1. The van der Waals surface area contributed by atoms with Crippen LogP contribution in [0.1, 0.15) is 77.6 Å². The lowest BCUT2D eigenvalue weighted by Gasteiger charge is -2.26. The van der Waals surface area contributed by atoms with Gasteiger partial charge in [-0.05, 0) is 100 Å². The maximum Gasteiger partial charge on any atom is 0.348 e. The van der Waals surface area contributed by atoms with Gasteiger partial charge in [0.1, 0.15) is 17.8 Å². The van der Waals surface area contributed by atoms with Crippen LogP contribution < -0.4 is 16.0 Å². The Morgan fingerprint density at radius 2 is 1.44 bits per heavy atom. The molecule has 61 heavy (non-hydrogen) atoms. The standard InChI is InChI=1S/C49H40ClN3O7S/c1-26(2)23-28-18-16-27(17-19-28)20-21-34-40-31-11-4-3-9-29(31)25-36(53-46(55)32-12-5-6-13-33(32)47(53)56)49(58)59-37-14-7-10-30-24-35(51)48(57)60-52-44(41(34)39(30)37)43(50)42(40)45(54)38-15-8-22-61-38/h3-19,22,26,35-36,52H,20-21,23-25,51H2,1-2H3. The largest absolute Gasteiger partial charge is 0.424 e. The summed E-state index contributed by atoms with van der Waals surface area (Å²) in [7, 11) is 0. The highest BCUT2D eigenvalue weighted by Crippen LogP contribution is 2.52. The number of hydrogen-bond donors (Lipinski definition) is 2. The lowest BCUT2D eigenvalue weighted by molar-refractivity contribution is -0.142. The number of esters is 1. The lowest BCUT2D eigenvalue weighted by atomic mass is 9.79. The molecule has 306 valence electrons. The summed E-state index contributed by atoms with van der Waals surface area (Å²) >= 11 is 8.78. The number of carbonyl (C=O) groups is 5. The van der Waals surface area contributed by atoms with Gasteiger partial charge in [0.05, 0.1) is 32.3 Å². The number of fused-ring (bicyclic) bond motifs is 4. The molecule has 6 aromatic rings. The third kappa shape index (κ3) is 7.22. The fraction of sp³-hybridized carbons (Fsp3) is 0.204. The Morgan fingerprint density at radius 3 is 2.13 bits per heavy atom. The fourth-order valence-corrected chi connectivity index (χ4v) is 9.71. The zero-order valence-corrected chi connectivity index (χ0v) is 34.9. The van der Waals surface area contributed by atoms with Crippen molar-refractivity contribution in [2.24, 2.45) is 11.7 Å². The molecule has 4 heterocycles. The highest BCUT2D eigenvalue weighted by atomic mass is 35.5. The molecule has 2 bridgehead atoms. The van der Waals surface area contributed by atoms with Gasteiger partial charge in [-0.1, -0.05) is 104 Å². The minimum Gasteiger partial charge on any atom is -0.424 e. The Kier molecular flexibility index (Phi) is 10.6. The molecule has 3 aliphatic rings. The molecule has 12 heteroatoms. The molecular formula is C49H40ClN3O7S. The van der Waals surface area contributed by atoms with E-state index in [4.69, 9.17) is 26.9 Å². The number of ether oxygens (including phenoxy) is 1. The summed E-state index contributed by atoms with van der Waals surface area (Å²) in [5, 5.41) is 1.78. The third-order valence-electron chi connectivity index (χ3n) is 11.5. The minimum atomic E-state index is -1.43. The first-order valence-corrected chi connectivity index (χ1v) is 21.4. The molecule has 0 saturated carbocycles. The van der Waals surface area contributed by atoms with Gasteiger partial charge in [0.2, 0.25) is 5.78 Å². The predicted molar refractivity (Wildman–Crippen MR) is 234 cm³/mol. The van der Waals surface area contributed by atoms with Gasteiger partial charge in [0.15, 0.2) is 0 Å². The molecular weight excluding hydrogens is 810 g/mol. The van der Waals surface area contributed by atoms with E-state index >= 15 is 4.79 Å². The number of imide groups is 1. The number of nitrogens with zero attached hydrogens (tertiary/aromatic N) is 1. The molecule has 0 saturated heterocycles. The first-order valence-electron chi connectivity index (χ1n) is 20.2. The number of benzene rings is 5. The van der Waals surface area contributed by atoms with Gasteiger partial charge in [0, 0.05) is 17.5 Å². The van der Waals surface area contributed by atoms with Gasteiger partial charge in [0.25, 0.3) is 11.8 Å². The van der Waals surface area contributed by atoms with Crippen LogP contribution in [0.15, 0.2) is 109 Å². The summed E-state index contributed by atoms with van der Waals surface area (Å²) in [6.07, 6.45) is 1.65. The van der Waals surface area contributed by atoms with Crippen molar-refractivity contribution in [1.82, 2.24) is 4.90 Å². The molecule has 1 aromatic heterocycles. The van der Waals surface area contributed by atoms with Crippen molar-refractivity contribution in [2.75, 3.05) is 5.48 Å². The lowest BCUT2D eigenvalue weighted by Crippen LogP contribution is -2.48. The van der Waals surface area contributed by atoms with Crippen molar-refractivity contribution >= 4 is 58.2 Å². The molecule has 3 N–H and O–H groups in total. The van der Waals surface area contributed by atoms with Gasteiger partial charge >= 0.3 is 11.9 Å². The molecule has 5 aromatic carbocycles. The Bertz CT molecular complexity index is 2750. The number of aryl methyl sites for hydroxylation is 1. The number of hydrogen-bond acceptors (Lipinski definition) is 10. The molecule has 0 spiro atoms. The zero-order chi connectivity index (χ0) is 42.5. The molecule has 0 radical (unpaired) electrons. The second-order valence-electron chi connectivity index (χ2n) is 16.0. The van der Waals surface area contributed by atoms with Crippen LogP contribution in [-0.2, 0) is 46.5 Å². The zero-order valence-electron chi connectivity index (χ0n) is 33.3. The summed E-state index contributed by atoms with van der Waals surface area (Å²) in [6.45, 7) is 4.36. The van der Waals surface area contributed by atoms with E-state index in [-0.39, 0.29) is 51.8 Å². The number of nitrogens with one attached hydrogen (secondary N) is 1. The van der Waals surface area contributed by atoms with E-state index in [9.17, 15) is 19.2 Å². The topological polar surface area (TPSA) is 145 Å². The van der Waals surface area contributed by atoms with Crippen molar-refractivity contribution < 1.29 is 33.5 Å². The number of rotatable bonds is 8. The van der Waals surface area contributed by atoms with Crippen LogP contribution >= 0.6 is 22.9 Å². The first kappa shape index (κ1) is 40.0. The maximum atomic E-state index is 15.0. The average Bonchev–Trinajstić information content (AvgIpc) is 3.89. The minimum absolute atomic E-state index is 0.0152. The van der Waals surface area contributed by atoms with E-state index < -0.39 is 35.8 Å². The molecule has 3 aliphatic heterocycles. The Balaban J connectivity index is 1.35. The van der Waals surface area contributed by atoms with Crippen LogP contribution in [-0.4, -0.2) is 46.5 Å². The highest BCUT2D eigenvalue weighted by Gasteiger charge is 2.45. The van der Waals surface area contributed by atoms with E-state index in [2.05, 4.69) is 43.6 Å². The number of ketones is 1. The molecule has 2 unspecified atom stereocenters. The SMILES string of the molecule is CC(C)Cc1ccc(CCc2c3c4c(Cl)c(C(=O)c5cccs5)c2-c2ccccc2CC(N2C(=O)c5ccccc5C2=O)C(=O)Oc2cccc(c2-3)CC(N)C(=O)ON4)cc1. The number of halogens is 1. The van der Waals surface area contributed by atoms with Gasteiger partial charge in [-0.3, -0.25) is 19.3 Å². The smallest absolute Gasteiger partial charge is 0.348 e. The Morgan fingerprint density at radius 1 is 0.770 bits per heavy atom. The number of thiophene rings is 1. The summed E-state index contributed by atoms with van der Waals surface area (Å²) in [5.74, 6) is -2.68. The molecule has 0 aliphatic carbocycles. The molecule has 10 nitrogen and oxygen atoms in total. The highest BCUT2D eigenvalue weighted by molar-refractivity contribution is 7.12. The van der Waals surface area contributed by atoms with Gasteiger partial charge in [-0.25, -0.2) is 15.1 Å². The van der Waals surface area contributed by atoms with Crippen LogP contribution in [0.25, 0.3) is 22.3 Å². The number of amides is 2. The van der Waals surface area contributed by atoms with E-state index in [0.717, 1.165) is 16.9 Å². The van der Waals surface area contributed by atoms with Crippen molar-refractivity contribution in [3.05, 3.63) is 163 Å². The molecule has 2 atom stereocenters. The summed E-state index contributed by atoms with van der Waals surface area (Å²) in [6, 6.07) is 28.2. The summed E-state index contributed by atoms with van der Waals surface area (Å²) in [5.41, 5.74) is 15.9. The Hall–Kier alpha value is -6.40. The maximum absolute atomic E-state index is 15.0. The number of carbonyl (C=O) groups excluding carboxylic acids is 5. The van der Waals surface area contributed by atoms with Gasteiger partial charge in [-0.2, -0.15) is 0 Å². The van der Waals surface area contributed by atoms with Crippen molar-refractivity contribution in [3.8, 4) is 28.0 Å². The van der Waals surface area contributed by atoms with E-state index in [1.165, 1.54) is 16.9 Å². The molecule has 0 fully saturated rings. The quantitative estimate of drug-likeness (QED) is 0.0664. The van der Waals surface area contributed by atoms with Gasteiger partial charge < -0.3 is 15.3 Å². The molecule has 9 rings (SSSR count). The fourth-order valence-electron chi connectivity index (χ4n) is 8.73. The third-order valence-corrected chi connectivity index (χ3v) is 12.8. The van der Waals surface area contributed by atoms with E-state index in [1.807, 2.05) is 18.2 Å². The summed E-state index contributed by atoms with van der Waals surface area (Å²) < 4.78 is 6.38. The average molecular weight is 850 g/mol. The van der Waals surface area contributed by atoms with Crippen LogP contribution in [0.5, 0.6) is 5.75 Å². The van der Waals surface area contributed by atoms with Crippen molar-refractivity contribution in [2.45, 2.75) is 58.0 Å². The second-order valence-corrected chi connectivity index (χ2v) is 17.3. The number of anilines is 1. The monoisotopic (exact) mass is 849 g/mol. The van der Waals surface area contributed by atoms with Gasteiger partial charge in [-0.15, -0.1) is 11.3 Å². The van der Waals surface area contributed by atoms with Crippen LogP contribution in [0.4, 0.5) is 5.69 Å². The second kappa shape index (κ2) is 16.2. The summed E-state index contributed by atoms with van der Waals surface area (Å²) in [4.78, 5) is 78.6. The van der Waals surface area contributed by atoms with Crippen LogP contribution in [0, 0.1) is 5.92 Å². The molecule has 2 amide bonds. The Labute approximate surface area is 361 Å². The normalized spacial score (nSPS) is 17.0. The van der Waals surface area contributed by atoms with E-state index in [1.54, 1.807) is 66.0 Å². The first-order chi connectivity index (χ1) is 29.5. The van der Waals surface area contributed by atoms with Crippen LogP contribution in [0.3, 0.4) is 0 Å². The van der Waals surface area contributed by atoms with Crippen LogP contribution in [0.2, 0.25) is 5.02 Å². The predicted octanol–water partition coefficient (Wildman–Crippen LogP) is 8.83. The van der Waals surface area contributed by atoms with Crippen molar-refractivity contribution in [1.29, 1.82) is 0 Å².